The van der Waals surface area contributed by atoms with Crippen molar-refractivity contribution in [2.24, 2.45) is 5.92 Å². The highest BCUT2D eigenvalue weighted by Gasteiger charge is 2.09. The van der Waals surface area contributed by atoms with Gasteiger partial charge in [-0.05, 0) is 37.0 Å². The lowest BCUT2D eigenvalue weighted by Gasteiger charge is -1.94. The van der Waals surface area contributed by atoms with E-state index in [-0.39, 0.29) is 0 Å². The van der Waals surface area contributed by atoms with Crippen LogP contribution >= 0.6 is 11.3 Å². The topological polar surface area (TPSA) is 0 Å². The van der Waals surface area contributed by atoms with Crippen molar-refractivity contribution < 1.29 is 0 Å². The zero-order valence-corrected chi connectivity index (χ0v) is 9.11. The lowest BCUT2D eigenvalue weighted by molar-refractivity contribution is 0.954. The fourth-order valence-electron chi connectivity index (χ4n) is 1.55. The van der Waals surface area contributed by atoms with Crippen LogP contribution in [0, 0.1) is 19.8 Å². The minimum Gasteiger partial charge on any atom is -0.140 e. The van der Waals surface area contributed by atoms with E-state index in [1.54, 1.807) is 0 Å². The van der Waals surface area contributed by atoms with Gasteiger partial charge in [-0.1, -0.05) is 25.2 Å². The van der Waals surface area contributed by atoms with Crippen LogP contribution in [0.5, 0.6) is 0 Å². The number of hydrogen-bond acceptors (Lipinski definition) is 1. The van der Waals surface area contributed by atoms with Crippen molar-refractivity contribution in [3.05, 3.63) is 33.0 Å². The second kappa shape index (κ2) is 3.15. The van der Waals surface area contributed by atoms with Crippen molar-refractivity contribution in [2.75, 3.05) is 0 Å². The molecule has 1 aromatic heterocycles. The smallest absolute Gasteiger partial charge is 0.0345 e. The molecule has 68 valence electrons. The Morgan fingerprint density at radius 2 is 1.85 bits per heavy atom. The summed E-state index contributed by atoms with van der Waals surface area (Å²) >= 11 is 1.89. The highest BCUT2D eigenvalue weighted by Crippen LogP contribution is 2.31. The molecule has 1 heterocycles. The third-order valence-electron chi connectivity index (χ3n) is 2.58. The summed E-state index contributed by atoms with van der Waals surface area (Å²) in [4.78, 5) is 2.85. The van der Waals surface area contributed by atoms with Crippen LogP contribution in [0.3, 0.4) is 0 Å². The molecular weight excluding hydrogens is 176 g/mol. The van der Waals surface area contributed by atoms with Crippen molar-refractivity contribution in [1.29, 1.82) is 0 Å². The molecular formula is C12H14S. The van der Waals surface area contributed by atoms with Gasteiger partial charge in [-0.15, -0.1) is 11.3 Å². The van der Waals surface area contributed by atoms with Gasteiger partial charge in [-0.25, -0.2) is 0 Å². The standard InChI is InChI=1S/C12H14S/c1-8-4-6-11-9(2)10(3)13-12(11)7-5-8/h4-8H,1-3H3. The Hall–Kier alpha value is -0.820. The summed E-state index contributed by atoms with van der Waals surface area (Å²) < 4.78 is 0. The van der Waals surface area contributed by atoms with E-state index in [9.17, 15) is 0 Å². The summed E-state index contributed by atoms with van der Waals surface area (Å²) in [6, 6.07) is 0. The molecule has 0 saturated carbocycles. The number of aryl methyl sites for hydroxylation is 1. The molecule has 13 heavy (non-hydrogen) atoms. The number of allylic oxidation sites excluding steroid dienone is 2. The van der Waals surface area contributed by atoms with Crippen LogP contribution < -0.4 is 0 Å². The van der Waals surface area contributed by atoms with E-state index in [0.717, 1.165) is 0 Å². The van der Waals surface area contributed by atoms with Crippen LogP contribution in [0.1, 0.15) is 27.8 Å². The summed E-state index contributed by atoms with van der Waals surface area (Å²) in [5.74, 6) is 0.569. The average molecular weight is 190 g/mol. The minimum atomic E-state index is 0.569. The minimum absolute atomic E-state index is 0.569. The number of rotatable bonds is 0. The van der Waals surface area contributed by atoms with E-state index in [2.05, 4.69) is 45.1 Å². The summed E-state index contributed by atoms with van der Waals surface area (Å²) in [7, 11) is 0. The molecule has 0 aliphatic heterocycles. The fraction of sp³-hybridized carbons (Fsp3) is 0.333. The summed E-state index contributed by atoms with van der Waals surface area (Å²) in [6.07, 6.45) is 9.04. The Morgan fingerprint density at radius 1 is 1.15 bits per heavy atom. The Labute approximate surface area is 83.6 Å². The van der Waals surface area contributed by atoms with Crippen molar-refractivity contribution in [3.8, 4) is 0 Å². The maximum atomic E-state index is 2.27. The molecule has 0 aromatic carbocycles. The average Bonchev–Trinajstić information content (AvgIpc) is 2.28. The van der Waals surface area contributed by atoms with Crippen molar-refractivity contribution >= 4 is 23.5 Å². The lowest BCUT2D eigenvalue weighted by Crippen LogP contribution is -1.78. The fourth-order valence-corrected chi connectivity index (χ4v) is 2.62. The summed E-state index contributed by atoms with van der Waals surface area (Å²) in [6.45, 7) is 6.62. The van der Waals surface area contributed by atoms with Gasteiger partial charge in [0.25, 0.3) is 0 Å². The van der Waals surface area contributed by atoms with Gasteiger partial charge in [0.15, 0.2) is 0 Å². The monoisotopic (exact) mass is 190 g/mol. The Kier molecular flexibility index (Phi) is 2.12. The molecule has 0 spiro atoms. The Balaban J connectivity index is 2.58. The second-order valence-corrected chi connectivity index (χ2v) is 4.89. The molecule has 1 unspecified atom stereocenters. The van der Waals surface area contributed by atoms with E-state index < -0.39 is 0 Å². The number of hydrogen-bond donors (Lipinski definition) is 0. The normalized spacial score (nSPS) is 20.1. The first-order chi connectivity index (χ1) is 6.18. The van der Waals surface area contributed by atoms with E-state index in [4.69, 9.17) is 0 Å². The van der Waals surface area contributed by atoms with E-state index in [0.29, 0.717) is 5.92 Å². The molecule has 1 aliphatic rings. The van der Waals surface area contributed by atoms with E-state index >= 15 is 0 Å². The molecule has 0 amide bonds. The predicted octanol–water partition coefficient (Wildman–Crippen LogP) is 4.04. The molecule has 0 radical (unpaired) electrons. The Morgan fingerprint density at radius 3 is 2.62 bits per heavy atom. The zero-order chi connectivity index (χ0) is 9.42. The van der Waals surface area contributed by atoms with Crippen molar-refractivity contribution in [1.82, 2.24) is 0 Å². The van der Waals surface area contributed by atoms with E-state index in [1.807, 2.05) is 11.3 Å². The van der Waals surface area contributed by atoms with Crippen LogP contribution in [-0.4, -0.2) is 0 Å². The molecule has 0 nitrogen and oxygen atoms in total. The first-order valence-corrected chi connectivity index (χ1v) is 5.46. The molecule has 0 fully saturated rings. The zero-order valence-electron chi connectivity index (χ0n) is 8.29. The SMILES string of the molecule is Cc1sc2c(c1C)C=CC(C)C=C2. The molecule has 0 N–H and O–H groups in total. The first kappa shape index (κ1) is 8.76. The third-order valence-corrected chi connectivity index (χ3v) is 3.77. The van der Waals surface area contributed by atoms with Gasteiger partial charge in [0.2, 0.25) is 0 Å². The van der Waals surface area contributed by atoms with Crippen molar-refractivity contribution in [3.63, 3.8) is 0 Å². The molecule has 2 rings (SSSR count). The third kappa shape index (κ3) is 1.49. The largest absolute Gasteiger partial charge is 0.140 e. The van der Waals surface area contributed by atoms with Gasteiger partial charge in [0.1, 0.15) is 0 Å². The lowest BCUT2D eigenvalue weighted by atomic mass is 10.1. The van der Waals surface area contributed by atoms with Crippen LogP contribution in [0.25, 0.3) is 12.2 Å². The molecule has 1 aromatic rings. The highest BCUT2D eigenvalue weighted by molar-refractivity contribution is 7.13. The highest BCUT2D eigenvalue weighted by atomic mass is 32.1. The van der Waals surface area contributed by atoms with Crippen LogP contribution in [0.15, 0.2) is 12.2 Å². The van der Waals surface area contributed by atoms with Crippen molar-refractivity contribution in [2.45, 2.75) is 20.8 Å². The summed E-state index contributed by atoms with van der Waals surface area (Å²) in [5.41, 5.74) is 2.86. The first-order valence-electron chi connectivity index (χ1n) is 4.65. The van der Waals surface area contributed by atoms with E-state index in [1.165, 1.54) is 20.9 Å². The maximum Gasteiger partial charge on any atom is 0.0345 e. The van der Waals surface area contributed by atoms with Gasteiger partial charge < -0.3 is 0 Å². The van der Waals surface area contributed by atoms with Crippen LogP contribution in [0.4, 0.5) is 0 Å². The second-order valence-electron chi connectivity index (χ2n) is 3.64. The predicted molar refractivity (Wildman–Crippen MR) is 61.0 cm³/mol. The summed E-state index contributed by atoms with van der Waals surface area (Å²) in [5, 5.41) is 0. The molecule has 1 aliphatic carbocycles. The molecule has 0 bridgehead atoms. The van der Waals surface area contributed by atoms with Gasteiger partial charge >= 0.3 is 0 Å². The molecule has 1 heteroatoms. The maximum absolute atomic E-state index is 2.27. The quantitative estimate of drug-likeness (QED) is 0.579. The number of thiophene rings is 1. The van der Waals surface area contributed by atoms with Crippen LogP contribution in [-0.2, 0) is 0 Å². The molecule has 1 atom stereocenters. The number of fused-ring (bicyclic) bond motifs is 1. The van der Waals surface area contributed by atoms with Gasteiger partial charge in [0.05, 0.1) is 0 Å². The molecule has 0 saturated heterocycles. The van der Waals surface area contributed by atoms with Gasteiger partial charge in [0, 0.05) is 9.75 Å². The van der Waals surface area contributed by atoms with Crippen LogP contribution in [0.2, 0.25) is 0 Å². The van der Waals surface area contributed by atoms with Gasteiger partial charge in [-0.3, -0.25) is 0 Å². The Bertz CT molecular complexity index is 380. The van der Waals surface area contributed by atoms with Gasteiger partial charge in [-0.2, -0.15) is 0 Å².